The highest BCUT2D eigenvalue weighted by atomic mass is 79.9. The number of aromatic nitrogens is 1. The maximum Gasteiger partial charge on any atom is 0.307 e. The van der Waals surface area contributed by atoms with Crippen molar-refractivity contribution in [3.05, 3.63) is 64.3 Å². The zero-order valence-electron chi connectivity index (χ0n) is 56.8. The second-order valence-electron chi connectivity index (χ2n) is 22.1. The number of nitrogens with zero attached hydrogens (tertiary/aromatic N) is 2. The summed E-state index contributed by atoms with van der Waals surface area (Å²) in [6.07, 6.45) is 48.7. The topological polar surface area (TPSA) is 133 Å². The van der Waals surface area contributed by atoms with E-state index in [0.29, 0.717) is 24.7 Å². The summed E-state index contributed by atoms with van der Waals surface area (Å²) in [7, 11) is 0. The van der Waals surface area contributed by atoms with E-state index in [1.165, 1.54) is 157 Å². The van der Waals surface area contributed by atoms with E-state index < -0.39 is 12.1 Å². The molecule has 1 amide bonds. The Morgan fingerprint density at radius 3 is 1.60 bits per heavy atom. The van der Waals surface area contributed by atoms with E-state index in [9.17, 15) is 24.0 Å². The quantitative estimate of drug-likeness (QED) is 0.0226. The summed E-state index contributed by atoms with van der Waals surface area (Å²) in [5.74, 6) is -0.933. The summed E-state index contributed by atoms with van der Waals surface area (Å²) in [6.45, 7) is 28.6. The molecule has 1 aliphatic carbocycles. The molecular weight excluding hydrogens is 1130 g/mol. The average molecular weight is 1260 g/mol. The van der Waals surface area contributed by atoms with Gasteiger partial charge in [0.25, 0.3) is 0 Å². The minimum atomic E-state index is -0.499. The van der Waals surface area contributed by atoms with Crippen LogP contribution in [0.5, 0.6) is 0 Å². The summed E-state index contributed by atoms with van der Waals surface area (Å²) in [5.41, 5.74) is 4.86. The van der Waals surface area contributed by atoms with Crippen LogP contribution in [-0.2, 0) is 51.3 Å². The monoisotopic (exact) mass is 1250 g/mol. The molecule has 0 bridgehead atoms. The number of benzene rings is 1. The van der Waals surface area contributed by atoms with E-state index in [-0.39, 0.29) is 44.0 Å². The number of carbonyl (C=O) groups excluding carboxylic acids is 5. The van der Waals surface area contributed by atoms with Gasteiger partial charge >= 0.3 is 17.9 Å². The Bertz CT molecular complexity index is 2060. The van der Waals surface area contributed by atoms with Crippen LogP contribution in [0.2, 0.25) is 0 Å². The first-order valence-corrected chi connectivity index (χ1v) is 35.5. The molecule has 3 unspecified atom stereocenters. The van der Waals surface area contributed by atoms with Crippen molar-refractivity contribution >= 4 is 62.5 Å². The molecule has 12 heteroatoms. The summed E-state index contributed by atoms with van der Waals surface area (Å²) >= 11 is 3.79. The number of carbonyl (C=O) groups is 5. The van der Waals surface area contributed by atoms with Gasteiger partial charge in [0.05, 0.1) is 10.1 Å². The van der Waals surface area contributed by atoms with Gasteiger partial charge in [0, 0.05) is 50.2 Å². The molecule has 1 aromatic carbocycles. The molecule has 3 atom stereocenters. The van der Waals surface area contributed by atoms with Crippen LogP contribution in [-0.4, -0.2) is 78.0 Å². The van der Waals surface area contributed by atoms with Gasteiger partial charge in [0.1, 0.15) is 18.5 Å². The molecule has 490 valence electrons. The Kier molecular flexibility index (Phi) is 57.6. The molecule has 2 heterocycles. The maximum absolute atomic E-state index is 12.8. The van der Waals surface area contributed by atoms with E-state index in [1.54, 1.807) is 11.8 Å². The number of Topliss-reactive ketones (excluding diaryl/α,β-unsaturated/α-hetero) is 1. The molecule has 0 spiro atoms. The van der Waals surface area contributed by atoms with Gasteiger partial charge < -0.3 is 33.8 Å². The Hall–Kier alpha value is -4.03. The highest BCUT2D eigenvalue weighted by molar-refractivity contribution is 9.10. The van der Waals surface area contributed by atoms with Crippen LogP contribution in [0.4, 0.5) is 0 Å². The summed E-state index contributed by atoms with van der Waals surface area (Å²) in [4.78, 5) is 60.2. The van der Waals surface area contributed by atoms with Gasteiger partial charge in [-0.15, -0.1) is 0 Å². The van der Waals surface area contributed by atoms with E-state index in [0.717, 1.165) is 87.5 Å². The Morgan fingerprint density at radius 1 is 0.647 bits per heavy atom. The zero-order chi connectivity index (χ0) is 63.7. The van der Waals surface area contributed by atoms with Crippen molar-refractivity contribution in [3.63, 3.8) is 0 Å². The highest BCUT2D eigenvalue weighted by Crippen LogP contribution is 2.42. The number of amides is 1. The van der Waals surface area contributed by atoms with Gasteiger partial charge in [0.2, 0.25) is 6.41 Å². The van der Waals surface area contributed by atoms with Gasteiger partial charge in [-0.25, -0.2) is 0 Å². The lowest BCUT2D eigenvalue weighted by molar-refractivity contribution is -0.160. The Morgan fingerprint density at radius 2 is 1.13 bits per heavy atom. The Balaban J connectivity index is 0. The highest BCUT2D eigenvalue weighted by Gasteiger charge is 2.31. The number of allylic oxidation sites excluding steroid dienone is 4. The lowest BCUT2D eigenvalue weighted by atomic mass is 9.83. The fourth-order valence-corrected chi connectivity index (χ4v) is 10.8. The van der Waals surface area contributed by atoms with Gasteiger partial charge in [0.15, 0.2) is 6.73 Å². The first-order valence-electron chi connectivity index (χ1n) is 34.7. The molecule has 0 saturated heterocycles. The van der Waals surface area contributed by atoms with Crippen LogP contribution in [0, 0.1) is 5.92 Å². The summed E-state index contributed by atoms with van der Waals surface area (Å²) < 4.78 is 19.7. The number of ether oxygens (including phenoxy) is 3. The molecule has 0 fully saturated rings. The molecule has 2 aromatic rings. The van der Waals surface area contributed by atoms with Gasteiger partial charge in [-0.1, -0.05) is 214 Å². The van der Waals surface area contributed by atoms with E-state index in [2.05, 4.69) is 83.7 Å². The third kappa shape index (κ3) is 40.9. The molecule has 1 aromatic heterocycles. The van der Waals surface area contributed by atoms with Crippen molar-refractivity contribution in [1.29, 1.82) is 0 Å². The summed E-state index contributed by atoms with van der Waals surface area (Å²) in [6, 6.07) is 6.59. The summed E-state index contributed by atoms with van der Waals surface area (Å²) in [5, 5.41) is 4.85. The third-order valence-corrected chi connectivity index (χ3v) is 16.0. The van der Waals surface area contributed by atoms with E-state index in [1.807, 2.05) is 73.8 Å². The van der Waals surface area contributed by atoms with Crippen molar-refractivity contribution in [2.75, 3.05) is 26.2 Å². The number of rotatable bonds is 43. The molecule has 1 aliphatic heterocycles. The van der Waals surface area contributed by atoms with Gasteiger partial charge in [-0.2, -0.15) is 0 Å². The van der Waals surface area contributed by atoms with Crippen molar-refractivity contribution in [3.8, 4) is 0 Å². The van der Waals surface area contributed by atoms with Crippen LogP contribution in [0.25, 0.3) is 16.5 Å². The average Bonchev–Trinajstić information content (AvgIpc) is 3.40. The van der Waals surface area contributed by atoms with Crippen molar-refractivity contribution < 1.29 is 38.2 Å². The molecule has 11 nitrogen and oxygen atoms in total. The smallest absolute Gasteiger partial charge is 0.307 e. The van der Waals surface area contributed by atoms with Gasteiger partial charge in [-0.3, -0.25) is 19.2 Å². The number of halogens is 1. The fourth-order valence-electron chi connectivity index (χ4n) is 10.1. The van der Waals surface area contributed by atoms with Gasteiger partial charge in [-0.05, 0) is 155 Å². The largest absolute Gasteiger partial charge is 0.462 e. The molecule has 1 N–H and O–H groups in total. The number of nitrogens with one attached hydrogen (secondary N) is 1. The standard InChI is InChI=1S/C43H63BrN2O6.C19H36O.C5H11NO.3C2H6/c1-4-6-7-8-9-10-11-12-13-14-15-16-17-18-19-25-39(47)50-30-33(5-2)52-41(49)28-32(3)27-40(48)51-31-46-38-24-20-22-35-34-23-21-26-45-37(34)29-36(42(35)38)43(46)44;1-3-4-5-6-7-8-9-10-11-12-13-14-15-16-17-18-19(2)20;1-3-6(4-2)5-7;3*1-2/h12-13,20,22-24,32-33,37,45H,4-11,14-19,21,25-31H2,1-3H3;10-11H,3-9,12-18H2,1-2H3;5H,3-4H2,1-2H3;3*1-2H3/b13-12-;11-10-;;;;. The second kappa shape index (κ2) is 59.0. The predicted molar refractivity (Wildman–Crippen MR) is 366 cm³/mol. The molecule has 4 rings (SSSR count). The number of fused-ring (bicyclic) bond motifs is 2. The van der Waals surface area contributed by atoms with Crippen molar-refractivity contribution in [2.45, 2.75) is 321 Å². The lowest BCUT2D eigenvalue weighted by Gasteiger charge is -2.30. The SMILES string of the molecule is CC.CC.CC.CCCCCCCC/C=C\CCCCCCCC(=O)OCC(CC)OC(=O)CC(C)CC(=O)OCn1c(Br)c2c3c(cccc31)C1=CCCNC1C2.CCCCCCCC/C=C\CCCCCCCC(C)=O.CCN(C=O)CC. The third-order valence-electron chi connectivity index (χ3n) is 15.1. The van der Waals surface area contributed by atoms with Crippen LogP contribution < -0.4 is 5.32 Å². The molecule has 0 radical (unpaired) electrons. The van der Waals surface area contributed by atoms with Crippen LogP contribution >= 0.6 is 15.9 Å². The normalized spacial score (nSPS) is 13.6. The molecule has 85 heavy (non-hydrogen) atoms. The van der Waals surface area contributed by atoms with Crippen LogP contribution in [0.1, 0.15) is 307 Å². The van der Waals surface area contributed by atoms with E-state index in [4.69, 9.17) is 14.2 Å². The molecule has 2 aliphatic rings. The number of ketones is 1. The first-order chi connectivity index (χ1) is 41.4. The fraction of sp³-hybridized carbons (Fsp3) is 0.740. The van der Waals surface area contributed by atoms with Crippen LogP contribution in [0.3, 0.4) is 0 Å². The van der Waals surface area contributed by atoms with Crippen LogP contribution in [0.15, 0.2) is 53.2 Å². The first kappa shape index (κ1) is 83.0. The van der Waals surface area contributed by atoms with E-state index >= 15 is 0 Å². The minimum Gasteiger partial charge on any atom is -0.462 e. The number of esters is 3. The minimum absolute atomic E-state index is 0.0556. The Labute approximate surface area is 530 Å². The zero-order valence-corrected chi connectivity index (χ0v) is 58.4. The second-order valence-corrected chi connectivity index (χ2v) is 22.9. The number of unbranched alkanes of at least 4 members (excludes halogenated alkanes) is 22. The maximum atomic E-state index is 12.8. The van der Waals surface area contributed by atoms with Crippen molar-refractivity contribution in [1.82, 2.24) is 14.8 Å². The molecular formula is C73H128BrN3O8. The number of hydrogen-bond acceptors (Lipinski definition) is 9. The number of hydrogen-bond donors (Lipinski definition) is 1. The molecule has 0 saturated carbocycles. The predicted octanol–water partition coefficient (Wildman–Crippen LogP) is 20.7. The lowest BCUT2D eigenvalue weighted by Crippen LogP contribution is -2.37. The van der Waals surface area contributed by atoms with Crippen molar-refractivity contribution in [2.24, 2.45) is 5.92 Å².